The van der Waals surface area contributed by atoms with E-state index in [1.165, 1.54) is 60.7 Å². The minimum absolute atomic E-state index is 0.452. The summed E-state index contributed by atoms with van der Waals surface area (Å²) >= 11 is 0. The van der Waals surface area contributed by atoms with Crippen molar-refractivity contribution in [1.82, 2.24) is 9.55 Å². The zero-order valence-electron chi connectivity index (χ0n) is 35.1. The molecule has 3 heteroatoms. The van der Waals surface area contributed by atoms with Gasteiger partial charge in [0, 0.05) is 54.5 Å². The lowest BCUT2D eigenvalue weighted by Gasteiger charge is -2.30. The van der Waals surface area contributed by atoms with Gasteiger partial charge in [-0.2, -0.15) is 0 Å². The van der Waals surface area contributed by atoms with Crippen molar-refractivity contribution in [3.05, 3.63) is 241 Å². The highest BCUT2D eigenvalue weighted by Gasteiger charge is 2.52. The number of nitrogens with zero attached hydrogens (tertiary/aromatic N) is 2. The lowest BCUT2D eigenvalue weighted by Crippen LogP contribution is -2.25. The molecule has 3 heterocycles. The molecule has 13 aromatic rings. The van der Waals surface area contributed by atoms with Gasteiger partial charge in [0.1, 0.15) is 11.2 Å². The van der Waals surface area contributed by atoms with Crippen molar-refractivity contribution in [3.63, 3.8) is 0 Å². The van der Waals surface area contributed by atoms with Crippen molar-refractivity contribution in [3.8, 4) is 50.3 Å². The molecule has 10 aromatic carbocycles. The summed E-state index contributed by atoms with van der Waals surface area (Å²) in [4.78, 5) is 5.66. The minimum Gasteiger partial charge on any atom is -0.455 e. The maximum atomic E-state index is 6.74. The molecule has 0 N–H and O–H groups in total. The first-order valence-electron chi connectivity index (χ1n) is 22.5. The number of hydrogen-bond donors (Lipinski definition) is 0. The number of rotatable bonds is 3. The number of benzene rings is 10. The van der Waals surface area contributed by atoms with Gasteiger partial charge in [-0.1, -0.05) is 176 Å². The molecule has 3 aromatic heterocycles. The molecule has 0 bridgehead atoms. The summed E-state index contributed by atoms with van der Waals surface area (Å²) in [6.07, 6.45) is 0. The van der Waals surface area contributed by atoms with E-state index in [-0.39, 0.29) is 0 Å². The van der Waals surface area contributed by atoms with E-state index in [2.05, 4.69) is 217 Å². The number of para-hydroxylation sites is 5. The summed E-state index contributed by atoms with van der Waals surface area (Å²) in [5.41, 5.74) is 20.3. The topological polar surface area (TPSA) is 31.0 Å². The summed E-state index contributed by atoms with van der Waals surface area (Å²) in [7, 11) is 0. The van der Waals surface area contributed by atoms with E-state index in [1.807, 2.05) is 6.07 Å². The Balaban J connectivity index is 1.07. The lowest BCUT2D eigenvalue weighted by atomic mass is 9.70. The van der Waals surface area contributed by atoms with Crippen LogP contribution in [0.2, 0.25) is 0 Å². The smallest absolute Gasteiger partial charge is 0.143 e. The van der Waals surface area contributed by atoms with E-state index in [4.69, 9.17) is 9.40 Å². The predicted molar refractivity (Wildman–Crippen MR) is 268 cm³/mol. The van der Waals surface area contributed by atoms with Crippen LogP contribution in [0.25, 0.3) is 116 Å². The monoisotopic (exact) mass is 824 g/mol. The number of hydrogen-bond acceptors (Lipinski definition) is 2. The molecule has 0 saturated heterocycles. The Morgan fingerprint density at radius 1 is 0.385 bits per heavy atom. The Kier molecular flexibility index (Phi) is 6.88. The molecule has 0 radical (unpaired) electrons. The first-order chi connectivity index (χ1) is 32.3. The minimum atomic E-state index is -0.452. The van der Waals surface area contributed by atoms with E-state index in [1.54, 1.807) is 0 Å². The summed E-state index contributed by atoms with van der Waals surface area (Å²) in [5.74, 6) is 0. The van der Waals surface area contributed by atoms with Crippen molar-refractivity contribution >= 4 is 65.4 Å². The Labute approximate surface area is 374 Å². The van der Waals surface area contributed by atoms with Crippen LogP contribution in [0.3, 0.4) is 0 Å². The average molecular weight is 825 g/mol. The van der Waals surface area contributed by atoms with E-state index in [0.29, 0.717) is 0 Å². The highest BCUT2D eigenvalue weighted by atomic mass is 16.3. The SMILES string of the molecule is c1ccc2c(c1)-c1ccccc1C21c2ccccc2-c2c1ccc1c(-c3cc(-c4cccc5c4oc4ccccc45)cc(-n4c5ccccc5c5ccccc54)c3)nc3ccccc3c21. The molecule has 300 valence electrons. The summed E-state index contributed by atoms with van der Waals surface area (Å²) in [5, 5.41) is 8.18. The summed E-state index contributed by atoms with van der Waals surface area (Å²) in [6, 6.07) is 80.1. The fraction of sp³-hybridized carbons (Fsp3) is 0.0161. The Morgan fingerprint density at radius 2 is 0.938 bits per heavy atom. The van der Waals surface area contributed by atoms with Gasteiger partial charge in [-0.25, -0.2) is 4.98 Å². The zero-order chi connectivity index (χ0) is 42.4. The van der Waals surface area contributed by atoms with Crippen molar-refractivity contribution in [2.45, 2.75) is 5.41 Å². The lowest BCUT2D eigenvalue weighted by molar-refractivity contribution is 0.670. The maximum absolute atomic E-state index is 6.74. The van der Waals surface area contributed by atoms with Gasteiger partial charge in [0.2, 0.25) is 0 Å². The fourth-order valence-corrected chi connectivity index (χ4v) is 12.1. The first kappa shape index (κ1) is 35.0. The van der Waals surface area contributed by atoms with Gasteiger partial charge < -0.3 is 8.98 Å². The molecule has 0 unspecified atom stereocenters. The van der Waals surface area contributed by atoms with Crippen LogP contribution < -0.4 is 0 Å². The van der Waals surface area contributed by atoms with Crippen LogP contribution in [0, 0.1) is 0 Å². The molecule has 2 aliphatic carbocycles. The van der Waals surface area contributed by atoms with Crippen LogP contribution in [-0.4, -0.2) is 9.55 Å². The highest BCUT2D eigenvalue weighted by molar-refractivity contribution is 6.20. The number of aromatic nitrogens is 2. The second-order valence-corrected chi connectivity index (χ2v) is 17.7. The second kappa shape index (κ2) is 12.8. The van der Waals surface area contributed by atoms with E-state index >= 15 is 0 Å². The highest BCUT2D eigenvalue weighted by Crippen LogP contribution is 2.64. The summed E-state index contributed by atoms with van der Waals surface area (Å²) in [6.45, 7) is 0. The van der Waals surface area contributed by atoms with E-state index < -0.39 is 5.41 Å². The summed E-state index contributed by atoms with van der Waals surface area (Å²) < 4.78 is 9.16. The van der Waals surface area contributed by atoms with Gasteiger partial charge in [0.05, 0.1) is 27.7 Å². The number of pyridine rings is 1. The normalized spacial score (nSPS) is 13.4. The van der Waals surface area contributed by atoms with Crippen LogP contribution in [0.5, 0.6) is 0 Å². The van der Waals surface area contributed by atoms with Crippen molar-refractivity contribution in [1.29, 1.82) is 0 Å². The van der Waals surface area contributed by atoms with Crippen LogP contribution in [0.15, 0.2) is 223 Å². The predicted octanol–water partition coefficient (Wildman–Crippen LogP) is 16.1. The molecule has 2 aliphatic rings. The van der Waals surface area contributed by atoms with Crippen molar-refractivity contribution < 1.29 is 4.42 Å². The van der Waals surface area contributed by atoms with Crippen molar-refractivity contribution in [2.75, 3.05) is 0 Å². The van der Waals surface area contributed by atoms with Crippen molar-refractivity contribution in [2.24, 2.45) is 0 Å². The van der Waals surface area contributed by atoms with Crippen LogP contribution in [-0.2, 0) is 5.41 Å². The Bertz CT molecular complexity index is 4100. The number of fused-ring (bicyclic) bond motifs is 20. The third-order valence-corrected chi connectivity index (χ3v) is 14.6. The van der Waals surface area contributed by atoms with Gasteiger partial charge in [-0.05, 0) is 92.5 Å². The average Bonchev–Trinajstić information content (AvgIpc) is 4.10. The molecule has 0 fully saturated rings. The van der Waals surface area contributed by atoms with Gasteiger partial charge in [-0.15, -0.1) is 0 Å². The molecule has 0 aliphatic heterocycles. The Morgan fingerprint density at radius 3 is 1.68 bits per heavy atom. The van der Waals surface area contributed by atoms with Crippen LogP contribution in [0.4, 0.5) is 0 Å². The van der Waals surface area contributed by atoms with Gasteiger partial charge in [0.15, 0.2) is 0 Å². The third kappa shape index (κ3) is 4.51. The zero-order valence-corrected chi connectivity index (χ0v) is 35.1. The van der Waals surface area contributed by atoms with E-state index in [0.717, 1.165) is 77.3 Å². The molecule has 0 atom stereocenters. The molecule has 1 spiro atoms. The first-order valence-corrected chi connectivity index (χ1v) is 22.5. The van der Waals surface area contributed by atoms with Crippen LogP contribution in [0.1, 0.15) is 22.3 Å². The molecular weight excluding hydrogens is 789 g/mol. The van der Waals surface area contributed by atoms with Crippen LogP contribution >= 0.6 is 0 Å². The second-order valence-electron chi connectivity index (χ2n) is 17.7. The van der Waals surface area contributed by atoms with Gasteiger partial charge in [0.25, 0.3) is 0 Å². The van der Waals surface area contributed by atoms with Gasteiger partial charge in [-0.3, -0.25) is 0 Å². The largest absolute Gasteiger partial charge is 0.455 e. The molecule has 0 saturated carbocycles. The molecule has 65 heavy (non-hydrogen) atoms. The van der Waals surface area contributed by atoms with E-state index in [9.17, 15) is 0 Å². The number of furan rings is 1. The Hall–Kier alpha value is -8.53. The molecule has 3 nitrogen and oxygen atoms in total. The quantitative estimate of drug-likeness (QED) is 0.166. The maximum Gasteiger partial charge on any atom is 0.143 e. The third-order valence-electron chi connectivity index (χ3n) is 14.6. The molecule has 15 rings (SSSR count). The fourth-order valence-electron chi connectivity index (χ4n) is 12.1. The molecular formula is C62H36N2O. The van der Waals surface area contributed by atoms with Gasteiger partial charge >= 0.3 is 0 Å². The molecule has 0 amide bonds. The standard InChI is InChI=1S/C62H36N2O/c1-8-25-50-41(16-1)42-17-2-9-26-51(42)62(50)52-27-10-3-21-47(52)59-53(62)33-32-49-58(59)48-22-4-11-28-54(48)63-60(49)38-34-37(40-23-15-24-46-45-20-7-14-31-57(45)65-61(40)46)35-39(36-38)64-55-29-12-5-18-43(55)44-19-6-13-30-56(44)64/h1-36H.